The predicted octanol–water partition coefficient (Wildman–Crippen LogP) is 2.03. The molecule has 0 saturated carbocycles. The van der Waals surface area contributed by atoms with Gasteiger partial charge in [0.25, 0.3) is 0 Å². The zero-order valence-corrected chi connectivity index (χ0v) is 16.5. The van der Waals surface area contributed by atoms with Crippen LogP contribution in [0, 0.1) is 5.92 Å². The number of ether oxygens (including phenoxy) is 1. The third-order valence-electron chi connectivity index (χ3n) is 4.19. The molecule has 1 aliphatic heterocycles. The van der Waals surface area contributed by atoms with Crippen LogP contribution in [0.2, 0.25) is 0 Å². The Kier molecular flexibility index (Phi) is 6.63. The van der Waals surface area contributed by atoms with Crippen molar-refractivity contribution in [1.82, 2.24) is 19.6 Å². The molecule has 1 saturated heterocycles. The Bertz CT molecular complexity index is 613. The molecule has 0 bridgehead atoms. The summed E-state index contributed by atoms with van der Waals surface area (Å²) in [4.78, 5) is 28.3. The summed E-state index contributed by atoms with van der Waals surface area (Å²) in [6, 6.07) is 0. The van der Waals surface area contributed by atoms with Gasteiger partial charge in [0.2, 0.25) is 5.91 Å². The van der Waals surface area contributed by atoms with Crippen LogP contribution in [0.3, 0.4) is 0 Å². The molecule has 1 N–H and O–H groups in total. The summed E-state index contributed by atoms with van der Waals surface area (Å²) >= 11 is 0. The van der Waals surface area contributed by atoms with E-state index in [4.69, 9.17) is 4.74 Å². The molecule has 0 aliphatic carbocycles. The first-order valence-electron chi connectivity index (χ1n) is 9.10. The number of likely N-dealkylation sites (tertiary alicyclic amines) is 1. The molecule has 2 rings (SSSR count). The molecule has 1 aromatic rings. The van der Waals surface area contributed by atoms with E-state index in [2.05, 4.69) is 15.3 Å². The van der Waals surface area contributed by atoms with Crippen molar-refractivity contribution >= 4 is 17.7 Å². The summed E-state index contributed by atoms with van der Waals surface area (Å²) in [5.74, 6) is -0.111. The lowest BCUT2D eigenvalue weighted by atomic mass is 9.96. The fourth-order valence-electron chi connectivity index (χ4n) is 2.75. The molecule has 1 aromatic heterocycles. The van der Waals surface area contributed by atoms with Crippen LogP contribution in [0.1, 0.15) is 33.6 Å². The van der Waals surface area contributed by atoms with Crippen molar-refractivity contribution in [3.8, 4) is 0 Å². The second-order valence-corrected chi connectivity index (χ2v) is 8.03. The minimum atomic E-state index is -0.502. The molecule has 0 radical (unpaired) electrons. The lowest BCUT2D eigenvalue weighted by Gasteiger charge is -2.32. The maximum atomic E-state index is 12.5. The Balaban J connectivity index is 1.79. The number of piperidine rings is 1. The van der Waals surface area contributed by atoms with Gasteiger partial charge >= 0.3 is 6.09 Å². The number of anilines is 1. The Hall–Kier alpha value is -2.09. The van der Waals surface area contributed by atoms with E-state index in [0.29, 0.717) is 31.6 Å². The Labute approximate surface area is 155 Å². The van der Waals surface area contributed by atoms with E-state index in [1.54, 1.807) is 11.1 Å². The van der Waals surface area contributed by atoms with Crippen molar-refractivity contribution < 1.29 is 14.3 Å². The third kappa shape index (κ3) is 6.33. The molecule has 2 amide bonds. The van der Waals surface area contributed by atoms with Crippen molar-refractivity contribution in [3.63, 3.8) is 0 Å². The predicted molar refractivity (Wildman–Crippen MR) is 99.9 cm³/mol. The van der Waals surface area contributed by atoms with E-state index < -0.39 is 5.60 Å². The first-order valence-corrected chi connectivity index (χ1v) is 9.10. The van der Waals surface area contributed by atoms with Gasteiger partial charge in [0.05, 0.1) is 18.4 Å². The van der Waals surface area contributed by atoms with Gasteiger partial charge in [0.1, 0.15) is 5.60 Å². The number of nitrogens with one attached hydrogen (secondary N) is 1. The largest absolute Gasteiger partial charge is 0.444 e. The summed E-state index contributed by atoms with van der Waals surface area (Å²) in [6.45, 7) is 8.29. The lowest BCUT2D eigenvalue weighted by molar-refractivity contribution is -0.121. The van der Waals surface area contributed by atoms with Gasteiger partial charge < -0.3 is 19.9 Å². The van der Waals surface area contributed by atoms with Gasteiger partial charge in [-0.05, 0) is 47.7 Å². The SMILES string of the molecule is CN(C)CCn1cc(NC(=O)C2CCN(C(=O)OC(C)(C)C)CC2)cn1. The number of hydrogen-bond donors (Lipinski definition) is 1. The number of nitrogens with zero attached hydrogens (tertiary/aromatic N) is 4. The Morgan fingerprint density at radius 2 is 1.96 bits per heavy atom. The maximum Gasteiger partial charge on any atom is 0.410 e. The average Bonchev–Trinajstić information content (AvgIpc) is 2.99. The van der Waals surface area contributed by atoms with Crippen LogP contribution in [0.15, 0.2) is 12.4 Å². The summed E-state index contributed by atoms with van der Waals surface area (Å²) in [6.07, 6.45) is 4.49. The van der Waals surface area contributed by atoms with Gasteiger partial charge in [-0.3, -0.25) is 9.48 Å². The molecule has 1 aliphatic rings. The molecule has 8 heteroatoms. The second kappa shape index (κ2) is 8.53. The second-order valence-electron chi connectivity index (χ2n) is 8.03. The fourth-order valence-corrected chi connectivity index (χ4v) is 2.75. The molecule has 8 nitrogen and oxygen atoms in total. The molecule has 0 spiro atoms. The molecule has 0 atom stereocenters. The standard InChI is InChI=1S/C18H31N5O3/c1-18(2,3)26-17(25)22-8-6-14(7-9-22)16(24)20-15-12-19-23(13-15)11-10-21(4)5/h12-14H,6-11H2,1-5H3,(H,20,24). The van der Waals surface area contributed by atoms with Crippen LogP contribution in [-0.4, -0.2) is 70.9 Å². The topological polar surface area (TPSA) is 79.7 Å². The van der Waals surface area contributed by atoms with E-state index in [0.717, 1.165) is 13.1 Å². The number of aromatic nitrogens is 2. The van der Waals surface area contributed by atoms with Crippen molar-refractivity contribution in [1.29, 1.82) is 0 Å². The molecular weight excluding hydrogens is 334 g/mol. The summed E-state index contributed by atoms with van der Waals surface area (Å²) in [5.41, 5.74) is 0.209. The van der Waals surface area contributed by atoms with Gasteiger partial charge in [0.15, 0.2) is 0 Å². The van der Waals surface area contributed by atoms with E-state index in [1.807, 2.05) is 45.7 Å². The lowest BCUT2D eigenvalue weighted by Crippen LogP contribution is -2.43. The molecule has 0 aromatic carbocycles. The minimum absolute atomic E-state index is 0.0130. The monoisotopic (exact) mass is 365 g/mol. The van der Waals surface area contributed by atoms with Gasteiger partial charge in [-0.25, -0.2) is 4.79 Å². The van der Waals surface area contributed by atoms with Gasteiger partial charge in [-0.1, -0.05) is 0 Å². The van der Waals surface area contributed by atoms with E-state index in [1.165, 1.54) is 0 Å². The highest BCUT2D eigenvalue weighted by Gasteiger charge is 2.30. The van der Waals surface area contributed by atoms with Crippen LogP contribution in [0.4, 0.5) is 10.5 Å². The zero-order valence-electron chi connectivity index (χ0n) is 16.5. The highest BCUT2D eigenvalue weighted by Crippen LogP contribution is 2.21. The summed E-state index contributed by atoms with van der Waals surface area (Å²) in [5, 5.41) is 7.19. The first-order chi connectivity index (χ1) is 12.1. The first kappa shape index (κ1) is 20.2. The van der Waals surface area contributed by atoms with Crippen molar-refractivity contribution in [3.05, 3.63) is 12.4 Å². The van der Waals surface area contributed by atoms with E-state index in [9.17, 15) is 9.59 Å². The van der Waals surface area contributed by atoms with E-state index in [-0.39, 0.29) is 17.9 Å². The van der Waals surface area contributed by atoms with Crippen LogP contribution in [-0.2, 0) is 16.1 Å². The molecule has 146 valence electrons. The molecule has 0 unspecified atom stereocenters. The molecule has 2 heterocycles. The average molecular weight is 365 g/mol. The Morgan fingerprint density at radius 1 is 1.31 bits per heavy atom. The fraction of sp³-hybridized carbons (Fsp3) is 0.722. The van der Waals surface area contributed by atoms with Crippen molar-refractivity contribution in [2.24, 2.45) is 5.92 Å². The van der Waals surface area contributed by atoms with Crippen LogP contribution >= 0.6 is 0 Å². The third-order valence-corrected chi connectivity index (χ3v) is 4.19. The number of likely N-dealkylation sites (N-methyl/N-ethyl adjacent to an activating group) is 1. The number of hydrogen-bond acceptors (Lipinski definition) is 5. The molecule has 1 fully saturated rings. The number of amides is 2. The maximum absolute atomic E-state index is 12.5. The smallest absolute Gasteiger partial charge is 0.410 e. The molecular formula is C18H31N5O3. The highest BCUT2D eigenvalue weighted by atomic mass is 16.6. The quantitative estimate of drug-likeness (QED) is 0.864. The molecule has 26 heavy (non-hydrogen) atoms. The van der Waals surface area contributed by atoms with E-state index >= 15 is 0 Å². The van der Waals surface area contributed by atoms with Gasteiger partial charge in [0, 0.05) is 31.7 Å². The normalized spacial score (nSPS) is 16.0. The number of rotatable bonds is 5. The van der Waals surface area contributed by atoms with Crippen LogP contribution in [0.25, 0.3) is 0 Å². The van der Waals surface area contributed by atoms with Crippen LogP contribution < -0.4 is 5.32 Å². The van der Waals surface area contributed by atoms with Crippen LogP contribution in [0.5, 0.6) is 0 Å². The highest BCUT2D eigenvalue weighted by molar-refractivity contribution is 5.92. The number of carbonyl (C=O) groups excluding carboxylic acids is 2. The zero-order chi connectivity index (χ0) is 19.3. The van der Waals surface area contributed by atoms with Gasteiger partial charge in [-0.15, -0.1) is 0 Å². The summed E-state index contributed by atoms with van der Waals surface area (Å²) < 4.78 is 7.20. The minimum Gasteiger partial charge on any atom is -0.444 e. The van der Waals surface area contributed by atoms with Crippen molar-refractivity contribution in [2.45, 2.75) is 45.8 Å². The van der Waals surface area contributed by atoms with Crippen molar-refractivity contribution in [2.75, 3.05) is 39.0 Å². The Morgan fingerprint density at radius 3 is 2.54 bits per heavy atom. The number of carbonyl (C=O) groups is 2. The summed E-state index contributed by atoms with van der Waals surface area (Å²) in [7, 11) is 4.02. The van der Waals surface area contributed by atoms with Gasteiger partial charge in [-0.2, -0.15) is 5.10 Å².